The van der Waals surface area contributed by atoms with Crippen LogP contribution in [-0.4, -0.2) is 42.4 Å². The summed E-state index contributed by atoms with van der Waals surface area (Å²) in [6.45, 7) is 5.30. The van der Waals surface area contributed by atoms with Gasteiger partial charge in [0, 0.05) is 30.9 Å². The maximum Gasteiger partial charge on any atom is 0.255 e. The van der Waals surface area contributed by atoms with Gasteiger partial charge in [0.2, 0.25) is 0 Å². The quantitative estimate of drug-likeness (QED) is 0.531. The van der Waals surface area contributed by atoms with Crippen LogP contribution in [0.15, 0.2) is 84.9 Å². The Labute approximate surface area is 191 Å². The van der Waals surface area contributed by atoms with Crippen molar-refractivity contribution in [3.8, 4) is 0 Å². The van der Waals surface area contributed by atoms with E-state index in [0.29, 0.717) is 5.56 Å². The summed E-state index contributed by atoms with van der Waals surface area (Å²) in [5.41, 5.74) is 4.11. The minimum atomic E-state index is -0.0572. The van der Waals surface area contributed by atoms with Crippen molar-refractivity contribution < 1.29 is 4.79 Å². The predicted octanol–water partition coefficient (Wildman–Crippen LogP) is 5.28. The van der Waals surface area contributed by atoms with E-state index in [9.17, 15) is 4.79 Å². The summed E-state index contributed by atoms with van der Waals surface area (Å²) in [5.74, 6) is 0.696. The lowest BCUT2D eigenvalue weighted by atomic mass is 9.95. The van der Waals surface area contributed by atoms with Gasteiger partial charge in [0.1, 0.15) is 0 Å². The number of anilines is 1. The highest BCUT2D eigenvalue weighted by Gasteiger charge is 2.21. The molecular weight excluding hydrogens is 394 g/mol. The number of hydrogen-bond acceptors (Lipinski definition) is 3. The first-order chi connectivity index (χ1) is 15.7. The zero-order valence-corrected chi connectivity index (χ0v) is 18.9. The molecule has 1 saturated heterocycles. The van der Waals surface area contributed by atoms with Gasteiger partial charge >= 0.3 is 0 Å². The monoisotopic (exact) mass is 427 g/mol. The molecule has 32 heavy (non-hydrogen) atoms. The van der Waals surface area contributed by atoms with Gasteiger partial charge in [-0.25, -0.2) is 0 Å². The normalized spacial score (nSPS) is 15.1. The number of benzene rings is 3. The predicted molar refractivity (Wildman–Crippen MR) is 132 cm³/mol. The third-order valence-corrected chi connectivity index (χ3v) is 6.20. The molecule has 1 fully saturated rings. The van der Waals surface area contributed by atoms with Crippen molar-refractivity contribution in [2.45, 2.75) is 25.9 Å². The Morgan fingerprint density at radius 2 is 1.56 bits per heavy atom. The lowest BCUT2D eigenvalue weighted by Crippen LogP contribution is -2.37. The molecular formula is C28H33N3O. The smallest absolute Gasteiger partial charge is 0.255 e. The van der Waals surface area contributed by atoms with Crippen LogP contribution in [0, 0.1) is 5.92 Å². The Bertz CT molecular complexity index is 982. The molecule has 3 aromatic carbocycles. The number of rotatable bonds is 8. The van der Waals surface area contributed by atoms with Gasteiger partial charge in [0.05, 0.1) is 0 Å². The standard InChI is InChI=1S/C28H33N3O/c1-30(20-23-9-4-2-5-10-23)21-24-15-17-31(18-16-24)22-25-11-8-12-26(19-25)28(32)29-27-13-6-3-7-14-27/h2-14,19,24H,15-18,20-22H2,1H3,(H,29,32). The molecule has 0 radical (unpaired) electrons. The molecule has 3 aromatic rings. The molecule has 0 unspecified atom stereocenters. The van der Waals surface area contributed by atoms with Crippen LogP contribution in [0.5, 0.6) is 0 Å². The second kappa shape index (κ2) is 11.1. The van der Waals surface area contributed by atoms with Gasteiger partial charge in [-0.15, -0.1) is 0 Å². The molecule has 4 nitrogen and oxygen atoms in total. The van der Waals surface area contributed by atoms with Gasteiger partial charge in [-0.3, -0.25) is 9.69 Å². The Morgan fingerprint density at radius 3 is 2.28 bits per heavy atom. The number of likely N-dealkylation sites (tertiary alicyclic amines) is 1. The Morgan fingerprint density at radius 1 is 0.906 bits per heavy atom. The van der Waals surface area contributed by atoms with Crippen molar-refractivity contribution in [1.29, 1.82) is 0 Å². The lowest BCUT2D eigenvalue weighted by molar-refractivity contribution is 0.102. The van der Waals surface area contributed by atoms with Gasteiger partial charge in [-0.2, -0.15) is 0 Å². The van der Waals surface area contributed by atoms with Crippen molar-refractivity contribution in [3.05, 3.63) is 102 Å². The number of carbonyl (C=O) groups excluding carboxylic acids is 1. The highest BCUT2D eigenvalue weighted by Crippen LogP contribution is 2.21. The average Bonchev–Trinajstić information content (AvgIpc) is 2.82. The Kier molecular flexibility index (Phi) is 7.70. The summed E-state index contributed by atoms with van der Waals surface area (Å²) >= 11 is 0. The summed E-state index contributed by atoms with van der Waals surface area (Å²) in [5, 5.41) is 2.97. The Balaban J connectivity index is 1.24. The lowest BCUT2D eigenvalue weighted by Gasteiger charge is -2.34. The molecule has 1 heterocycles. The van der Waals surface area contributed by atoms with Gasteiger partial charge in [0.25, 0.3) is 5.91 Å². The zero-order chi connectivity index (χ0) is 22.2. The van der Waals surface area contributed by atoms with E-state index in [1.165, 1.54) is 24.0 Å². The molecule has 1 aliphatic rings. The Hall–Kier alpha value is -2.95. The molecule has 4 heteroatoms. The number of piperidine rings is 1. The molecule has 0 aliphatic carbocycles. The SMILES string of the molecule is CN(Cc1ccccc1)CC1CCN(Cc2cccc(C(=O)Nc3ccccc3)c2)CC1. The number of amides is 1. The summed E-state index contributed by atoms with van der Waals surface area (Å²) in [7, 11) is 2.23. The van der Waals surface area contributed by atoms with Crippen LogP contribution in [0.25, 0.3) is 0 Å². The zero-order valence-electron chi connectivity index (χ0n) is 18.9. The van der Waals surface area contributed by atoms with E-state index in [1.54, 1.807) is 0 Å². The third-order valence-electron chi connectivity index (χ3n) is 6.20. The highest BCUT2D eigenvalue weighted by atomic mass is 16.1. The van der Waals surface area contributed by atoms with E-state index < -0.39 is 0 Å². The van der Waals surface area contributed by atoms with Crippen molar-refractivity contribution in [2.75, 3.05) is 32.0 Å². The molecule has 1 aliphatic heterocycles. The van der Waals surface area contributed by atoms with Crippen LogP contribution in [0.2, 0.25) is 0 Å². The average molecular weight is 428 g/mol. The van der Waals surface area contributed by atoms with E-state index in [-0.39, 0.29) is 5.91 Å². The van der Waals surface area contributed by atoms with E-state index in [0.717, 1.165) is 44.3 Å². The van der Waals surface area contributed by atoms with Crippen LogP contribution < -0.4 is 5.32 Å². The van der Waals surface area contributed by atoms with Gasteiger partial charge < -0.3 is 10.2 Å². The van der Waals surface area contributed by atoms with E-state index in [1.807, 2.05) is 48.5 Å². The van der Waals surface area contributed by atoms with Crippen molar-refractivity contribution >= 4 is 11.6 Å². The molecule has 4 rings (SSSR count). The third kappa shape index (κ3) is 6.52. The molecule has 1 amide bonds. The van der Waals surface area contributed by atoms with Crippen LogP contribution in [-0.2, 0) is 13.1 Å². The number of para-hydroxylation sites is 1. The van der Waals surface area contributed by atoms with Crippen LogP contribution in [0.4, 0.5) is 5.69 Å². The number of carbonyl (C=O) groups is 1. The second-order valence-electron chi connectivity index (χ2n) is 8.92. The molecule has 0 aromatic heterocycles. The summed E-state index contributed by atoms with van der Waals surface area (Å²) < 4.78 is 0. The van der Waals surface area contributed by atoms with Gasteiger partial charge in [0.15, 0.2) is 0 Å². The minimum Gasteiger partial charge on any atom is -0.322 e. The maximum atomic E-state index is 12.6. The fraction of sp³-hybridized carbons (Fsp3) is 0.321. The molecule has 166 valence electrons. The minimum absolute atomic E-state index is 0.0572. The van der Waals surface area contributed by atoms with Crippen LogP contribution in [0.1, 0.15) is 34.3 Å². The molecule has 0 atom stereocenters. The van der Waals surface area contributed by atoms with Crippen molar-refractivity contribution in [1.82, 2.24) is 9.80 Å². The van der Waals surface area contributed by atoms with Gasteiger partial charge in [-0.05, 0) is 74.3 Å². The molecule has 0 saturated carbocycles. The molecule has 1 N–H and O–H groups in total. The fourth-order valence-corrected chi connectivity index (χ4v) is 4.52. The second-order valence-corrected chi connectivity index (χ2v) is 8.92. The molecule has 0 bridgehead atoms. The highest BCUT2D eigenvalue weighted by molar-refractivity contribution is 6.04. The fourth-order valence-electron chi connectivity index (χ4n) is 4.52. The topological polar surface area (TPSA) is 35.6 Å². The summed E-state index contributed by atoms with van der Waals surface area (Å²) in [4.78, 5) is 17.6. The number of hydrogen-bond donors (Lipinski definition) is 1. The maximum absolute atomic E-state index is 12.6. The first-order valence-electron chi connectivity index (χ1n) is 11.6. The van der Waals surface area contributed by atoms with Crippen LogP contribution >= 0.6 is 0 Å². The van der Waals surface area contributed by atoms with E-state index >= 15 is 0 Å². The largest absolute Gasteiger partial charge is 0.322 e. The first kappa shape index (κ1) is 22.3. The van der Waals surface area contributed by atoms with Crippen molar-refractivity contribution in [2.24, 2.45) is 5.92 Å². The number of nitrogens with zero attached hydrogens (tertiary/aromatic N) is 2. The van der Waals surface area contributed by atoms with Crippen LogP contribution in [0.3, 0.4) is 0 Å². The van der Waals surface area contributed by atoms with E-state index in [2.05, 4.69) is 58.6 Å². The van der Waals surface area contributed by atoms with E-state index in [4.69, 9.17) is 0 Å². The summed E-state index contributed by atoms with van der Waals surface area (Å²) in [6.07, 6.45) is 2.46. The molecule has 0 spiro atoms. The van der Waals surface area contributed by atoms with Gasteiger partial charge in [-0.1, -0.05) is 60.7 Å². The number of nitrogens with one attached hydrogen (secondary N) is 1. The van der Waals surface area contributed by atoms with Crippen molar-refractivity contribution in [3.63, 3.8) is 0 Å². The first-order valence-corrected chi connectivity index (χ1v) is 11.6. The summed E-state index contributed by atoms with van der Waals surface area (Å²) in [6, 6.07) is 28.3.